The van der Waals surface area contributed by atoms with Gasteiger partial charge in [0.05, 0.1) is 6.04 Å². The van der Waals surface area contributed by atoms with Crippen molar-refractivity contribution in [3.05, 3.63) is 64.7 Å². The standard InChI is InChI=1S/C17H16ClNO2/c1-11(12-6-8-14(18)9-7-12)19-17(20)16-10-13-4-2-3-5-15(13)21-16/h2-9,11,16H,10H2,1H3,(H,19,20). The largest absolute Gasteiger partial charge is 0.480 e. The number of carbonyl (C=O) groups excluding carboxylic acids is 1. The first-order chi connectivity index (χ1) is 10.1. The fraction of sp³-hybridized carbons (Fsp3) is 0.235. The van der Waals surface area contributed by atoms with Crippen LogP contribution in [0.4, 0.5) is 0 Å². The van der Waals surface area contributed by atoms with Gasteiger partial charge in [-0.2, -0.15) is 0 Å². The van der Waals surface area contributed by atoms with E-state index < -0.39 is 6.10 Å². The molecule has 2 atom stereocenters. The quantitative estimate of drug-likeness (QED) is 0.942. The third-order valence-electron chi connectivity index (χ3n) is 3.67. The first-order valence-corrected chi connectivity index (χ1v) is 7.31. The van der Waals surface area contributed by atoms with Crippen LogP contribution in [0.1, 0.15) is 24.1 Å². The van der Waals surface area contributed by atoms with E-state index >= 15 is 0 Å². The van der Waals surface area contributed by atoms with Gasteiger partial charge in [0.1, 0.15) is 5.75 Å². The fourth-order valence-electron chi connectivity index (χ4n) is 2.47. The van der Waals surface area contributed by atoms with Crippen molar-refractivity contribution in [3.8, 4) is 5.75 Å². The molecule has 0 saturated heterocycles. The molecule has 3 nitrogen and oxygen atoms in total. The lowest BCUT2D eigenvalue weighted by Crippen LogP contribution is -2.38. The maximum absolute atomic E-state index is 12.3. The molecule has 0 fully saturated rings. The van der Waals surface area contributed by atoms with E-state index in [0.29, 0.717) is 11.4 Å². The van der Waals surface area contributed by atoms with E-state index in [0.717, 1.165) is 16.9 Å². The van der Waals surface area contributed by atoms with E-state index in [9.17, 15) is 4.79 Å². The third-order valence-corrected chi connectivity index (χ3v) is 3.92. The number of para-hydroxylation sites is 1. The van der Waals surface area contributed by atoms with E-state index in [2.05, 4.69) is 5.32 Å². The fourth-order valence-corrected chi connectivity index (χ4v) is 2.60. The Morgan fingerprint density at radius 2 is 1.95 bits per heavy atom. The van der Waals surface area contributed by atoms with Crippen LogP contribution in [-0.4, -0.2) is 12.0 Å². The number of halogens is 1. The van der Waals surface area contributed by atoms with Crippen molar-refractivity contribution in [1.82, 2.24) is 5.32 Å². The lowest BCUT2D eigenvalue weighted by atomic mass is 10.1. The monoisotopic (exact) mass is 301 g/mol. The Kier molecular flexibility index (Phi) is 3.84. The number of carbonyl (C=O) groups is 1. The molecular weight excluding hydrogens is 286 g/mol. The maximum atomic E-state index is 12.3. The van der Waals surface area contributed by atoms with Crippen LogP contribution in [0.2, 0.25) is 5.02 Å². The first kappa shape index (κ1) is 14.0. The van der Waals surface area contributed by atoms with Crippen molar-refractivity contribution in [2.24, 2.45) is 0 Å². The SMILES string of the molecule is CC(NC(=O)C1Cc2ccccc2O1)c1ccc(Cl)cc1. The minimum atomic E-state index is -0.447. The summed E-state index contributed by atoms with van der Waals surface area (Å²) >= 11 is 5.87. The molecule has 0 saturated carbocycles. The summed E-state index contributed by atoms with van der Waals surface area (Å²) in [6.07, 6.45) is 0.173. The number of amides is 1. The predicted molar refractivity (Wildman–Crippen MR) is 82.6 cm³/mol. The molecule has 0 aliphatic carbocycles. The van der Waals surface area contributed by atoms with Crippen LogP contribution in [0.3, 0.4) is 0 Å². The number of hydrogen-bond donors (Lipinski definition) is 1. The predicted octanol–water partition coefficient (Wildman–Crippen LogP) is 3.52. The summed E-state index contributed by atoms with van der Waals surface area (Å²) in [6.45, 7) is 1.95. The van der Waals surface area contributed by atoms with Gasteiger partial charge in [0, 0.05) is 11.4 Å². The lowest BCUT2D eigenvalue weighted by molar-refractivity contribution is -0.127. The summed E-state index contributed by atoms with van der Waals surface area (Å²) in [5.74, 6) is 0.713. The number of fused-ring (bicyclic) bond motifs is 1. The summed E-state index contributed by atoms with van der Waals surface area (Å²) in [5.41, 5.74) is 2.10. The Balaban J connectivity index is 1.64. The minimum Gasteiger partial charge on any atom is -0.480 e. The van der Waals surface area contributed by atoms with Crippen LogP contribution >= 0.6 is 11.6 Å². The molecule has 3 rings (SSSR count). The Morgan fingerprint density at radius 3 is 2.67 bits per heavy atom. The topological polar surface area (TPSA) is 38.3 Å². The van der Waals surface area contributed by atoms with E-state index in [1.54, 1.807) is 0 Å². The molecule has 1 amide bonds. The van der Waals surface area contributed by atoms with Gasteiger partial charge in [-0.3, -0.25) is 4.79 Å². The van der Waals surface area contributed by atoms with Crippen molar-refractivity contribution < 1.29 is 9.53 Å². The van der Waals surface area contributed by atoms with Gasteiger partial charge in [-0.25, -0.2) is 0 Å². The van der Waals surface area contributed by atoms with Gasteiger partial charge in [-0.05, 0) is 36.2 Å². The molecule has 21 heavy (non-hydrogen) atoms. The molecule has 108 valence electrons. The molecule has 4 heteroatoms. The molecule has 1 aliphatic rings. The molecule has 0 bridgehead atoms. The van der Waals surface area contributed by atoms with Gasteiger partial charge >= 0.3 is 0 Å². The molecule has 2 aromatic carbocycles. The summed E-state index contributed by atoms with van der Waals surface area (Å²) < 4.78 is 5.69. The van der Waals surface area contributed by atoms with Crippen LogP contribution in [0.15, 0.2) is 48.5 Å². The lowest BCUT2D eigenvalue weighted by Gasteiger charge is -2.17. The summed E-state index contributed by atoms with van der Waals surface area (Å²) in [5, 5.41) is 3.67. The van der Waals surface area contributed by atoms with E-state index in [-0.39, 0.29) is 11.9 Å². The molecule has 2 unspecified atom stereocenters. The number of nitrogens with one attached hydrogen (secondary N) is 1. The number of hydrogen-bond acceptors (Lipinski definition) is 2. The smallest absolute Gasteiger partial charge is 0.261 e. The van der Waals surface area contributed by atoms with E-state index in [1.807, 2.05) is 55.5 Å². The van der Waals surface area contributed by atoms with Crippen LogP contribution in [0.25, 0.3) is 0 Å². The van der Waals surface area contributed by atoms with Crippen LogP contribution < -0.4 is 10.1 Å². The van der Waals surface area contributed by atoms with Gasteiger partial charge in [-0.15, -0.1) is 0 Å². The zero-order valence-electron chi connectivity index (χ0n) is 11.7. The van der Waals surface area contributed by atoms with Crippen LogP contribution in [-0.2, 0) is 11.2 Å². The molecule has 2 aromatic rings. The van der Waals surface area contributed by atoms with Gasteiger partial charge in [0.15, 0.2) is 6.10 Å². The van der Waals surface area contributed by atoms with Gasteiger partial charge in [0.25, 0.3) is 5.91 Å². The first-order valence-electron chi connectivity index (χ1n) is 6.94. The molecule has 0 radical (unpaired) electrons. The van der Waals surface area contributed by atoms with Crippen molar-refractivity contribution in [1.29, 1.82) is 0 Å². The number of benzene rings is 2. The zero-order valence-corrected chi connectivity index (χ0v) is 12.4. The Labute approximate surface area is 128 Å². The second-order valence-electron chi connectivity index (χ2n) is 5.20. The second kappa shape index (κ2) is 5.78. The highest BCUT2D eigenvalue weighted by atomic mass is 35.5. The van der Waals surface area contributed by atoms with Crippen LogP contribution in [0, 0.1) is 0 Å². The molecular formula is C17H16ClNO2. The maximum Gasteiger partial charge on any atom is 0.261 e. The average molecular weight is 302 g/mol. The number of rotatable bonds is 3. The second-order valence-corrected chi connectivity index (χ2v) is 5.64. The van der Waals surface area contributed by atoms with Crippen molar-refractivity contribution in [2.45, 2.75) is 25.5 Å². The van der Waals surface area contributed by atoms with E-state index in [4.69, 9.17) is 16.3 Å². The van der Waals surface area contributed by atoms with Crippen LogP contribution in [0.5, 0.6) is 5.75 Å². The summed E-state index contributed by atoms with van der Waals surface area (Å²) in [7, 11) is 0. The molecule has 0 spiro atoms. The average Bonchev–Trinajstić information content (AvgIpc) is 2.92. The van der Waals surface area contributed by atoms with Gasteiger partial charge in [0.2, 0.25) is 0 Å². The third kappa shape index (κ3) is 3.03. The van der Waals surface area contributed by atoms with Crippen molar-refractivity contribution in [3.63, 3.8) is 0 Å². The highest BCUT2D eigenvalue weighted by molar-refractivity contribution is 6.30. The molecule has 0 aromatic heterocycles. The zero-order chi connectivity index (χ0) is 14.8. The normalized spacial score (nSPS) is 17.7. The van der Waals surface area contributed by atoms with Gasteiger partial charge < -0.3 is 10.1 Å². The summed E-state index contributed by atoms with van der Waals surface area (Å²) in [6, 6.07) is 15.1. The van der Waals surface area contributed by atoms with Crippen molar-refractivity contribution in [2.75, 3.05) is 0 Å². The highest BCUT2D eigenvalue weighted by Gasteiger charge is 2.29. The Bertz CT molecular complexity index is 629. The summed E-state index contributed by atoms with van der Waals surface area (Å²) in [4.78, 5) is 12.3. The molecule has 1 N–H and O–H groups in total. The van der Waals surface area contributed by atoms with Gasteiger partial charge in [-0.1, -0.05) is 41.9 Å². The highest BCUT2D eigenvalue weighted by Crippen LogP contribution is 2.28. The molecule has 1 heterocycles. The van der Waals surface area contributed by atoms with E-state index in [1.165, 1.54) is 0 Å². The Hall–Kier alpha value is -2.00. The molecule has 1 aliphatic heterocycles. The number of ether oxygens (including phenoxy) is 1. The minimum absolute atomic E-state index is 0.0814. The Morgan fingerprint density at radius 1 is 1.24 bits per heavy atom. The van der Waals surface area contributed by atoms with Crippen molar-refractivity contribution >= 4 is 17.5 Å².